The first-order chi connectivity index (χ1) is 15.5. The first kappa shape index (κ1) is 22.1. The monoisotopic (exact) mass is 433 g/mol. The van der Waals surface area contributed by atoms with Crippen LogP contribution in [-0.2, 0) is 14.4 Å². The molecule has 2 aliphatic rings. The second-order valence-corrected chi connectivity index (χ2v) is 8.95. The standard InChI is InChI=1S/C26H31N3O3/c1-17-20-11-5-6-12-21(20)22-13-7-8-14-23(22)29(26(17)32)28-25(31)18(2)27-24(30)16-15-19-9-3-4-10-19/h5-8,11-14,17-19H,3-4,9-10,15-16H2,1-2H3,(H,27,30)(H,28,31)/t17?,18-/m0/s1. The van der Waals surface area contributed by atoms with Crippen LogP contribution in [0.1, 0.15) is 63.9 Å². The van der Waals surface area contributed by atoms with Gasteiger partial charge in [0.2, 0.25) is 5.91 Å². The van der Waals surface area contributed by atoms with E-state index in [1.165, 1.54) is 30.7 Å². The summed E-state index contributed by atoms with van der Waals surface area (Å²) in [6.07, 6.45) is 6.19. The third kappa shape index (κ3) is 4.54. The van der Waals surface area contributed by atoms with Crippen LogP contribution in [0.2, 0.25) is 0 Å². The molecule has 1 saturated carbocycles. The second kappa shape index (κ2) is 9.55. The lowest BCUT2D eigenvalue weighted by Crippen LogP contribution is -2.54. The highest BCUT2D eigenvalue weighted by molar-refractivity contribution is 6.06. The topological polar surface area (TPSA) is 78.5 Å². The van der Waals surface area contributed by atoms with Gasteiger partial charge < -0.3 is 5.32 Å². The van der Waals surface area contributed by atoms with E-state index < -0.39 is 17.9 Å². The molecule has 1 aliphatic heterocycles. The van der Waals surface area contributed by atoms with Gasteiger partial charge in [-0.05, 0) is 43.4 Å². The molecule has 1 heterocycles. The first-order valence-corrected chi connectivity index (χ1v) is 11.6. The van der Waals surface area contributed by atoms with Gasteiger partial charge in [0.15, 0.2) is 0 Å². The predicted octanol–water partition coefficient (Wildman–Crippen LogP) is 4.31. The molecular weight excluding hydrogens is 402 g/mol. The van der Waals surface area contributed by atoms with Crippen LogP contribution in [0.4, 0.5) is 5.69 Å². The smallest absolute Gasteiger partial charge is 0.261 e. The van der Waals surface area contributed by atoms with E-state index in [9.17, 15) is 14.4 Å². The number of anilines is 1. The number of fused-ring (bicyclic) bond motifs is 3. The maximum atomic E-state index is 13.3. The van der Waals surface area contributed by atoms with Crippen LogP contribution in [0.3, 0.4) is 0 Å². The van der Waals surface area contributed by atoms with Crippen LogP contribution in [0.15, 0.2) is 48.5 Å². The fraction of sp³-hybridized carbons (Fsp3) is 0.423. The van der Waals surface area contributed by atoms with Gasteiger partial charge >= 0.3 is 0 Å². The third-order valence-electron chi connectivity index (χ3n) is 6.70. The van der Waals surface area contributed by atoms with Crippen molar-refractivity contribution in [2.45, 2.75) is 64.3 Å². The van der Waals surface area contributed by atoms with E-state index in [4.69, 9.17) is 0 Å². The molecule has 168 valence electrons. The summed E-state index contributed by atoms with van der Waals surface area (Å²) in [5.74, 6) is -0.548. The van der Waals surface area contributed by atoms with E-state index in [2.05, 4.69) is 10.7 Å². The highest BCUT2D eigenvalue weighted by Gasteiger charge is 2.33. The van der Waals surface area contributed by atoms with Crippen LogP contribution >= 0.6 is 0 Å². The summed E-state index contributed by atoms with van der Waals surface area (Å²) >= 11 is 0. The highest BCUT2D eigenvalue weighted by Crippen LogP contribution is 2.40. The fourth-order valence-corrected chi connectivity index (χ4v) is 4.80. The molecule has 0 bridgehead atoms. The zero-order chi connectivity index (χ0) is 22.7. The van der Waals surface area contributed by atoms with Crippen molar-refractivity contribution in [2.75, 3.05) is 5.01 Å². The van der Waals surface area contributed by atoms with E-state index in [-0.39, 0.29) is 11.8 Å². The number of hydrogen-bond donors (Lipinski definition) is 2. The molecule has 2 atom stereocenters. The van der Waals surface area contributed by atoms with E-state index in [1.807, 2.05) is 55.5 Å². The van der Waals surface area contributed by atoms with Crippen molar-refractivity contribution in [3.05, 3.63) is 54.1 Å². The van der Waals surface area contributed by atoms with Crippen molar-refractivity contribution < 1.29 is 14.4 Å². The third-order valence-corrected chi connectivity index (χ3v) is 6.70. The molecule has 2 N–H and O–H groups in total. The lowest BCUT2D eigenvalue weighted by atomic mass is 9.92. The van der Waals surface area contributed by atoms with Crippen molar-refractivity contribution >= 4 is 23.4 Å². The fourth-order valence-electron chi connectivity index (χ4n) is 4.80. The zero-order valence-corrected chi connectivity index (χ0v) is 18.8. The molecule has 3 amide bonds. The molecule has 1 unspecified atom stereocenters. The highest BCUT2D eigenvalue weighted by atomic mass is 16.2. The maximum absolute atomic E-state index is 13.3. The summed E-state index contributed by atoms with van der Waals surface area (Å²) in [7, 11) is 0. The Morgan fingerprint density at radius 2 is 1.69 bits per heavy atom. The number of nitrogens with zero attached hydrogens (tertiary/aromatic N) is 1. The molecule has 1 fully saturated rings. The summed E-state index contributed by atoms with van der Waals surface area (Å²) < 4.78 is 0. The average Bonchev–Trinajstić information content (AvgIpc) is 3.31. The number of nitrogens with one attached hydrogen (secondary N) is 2. The normalized spacial score (nSPS) is 19.0. The molecule has 6 heteroatoms. The summed E-state index contributed by atoms with van der Waals surface area (Å²) in [4.78, 5) is 38.6. The van der Waals surface area contributed by atoms with Gasteiger partial charge in [-0.1, -0.05) is 68.1 Å². The Bertz CT molecular complexity index is 1010. The van der Waals surface area contributed by atoms with Crippen LogP contribution < -0.4 is 15.8 Å². The van der Waals surface area contributed by atoms with Crippen LogP contribution in [0, 0.1) is 5.92 Å². The molecule has 0 saturated heterocycles. The Morgan fingerprint density at radius 3 is 2.44 bits per heavy atom. The molecule has 2 aromatic carbocycles. The van der Waals surface area contributed by atoms with Gasteiger partial charge in [0.25, 0.3) is 11.8 Å². The van der Waals surface area contributed by atoms with E-state index in [0.717, 1.165) is 23.1 Å². The minimum Gasteiger partial charge on any atom is -0.345 e. The lowest BCUT2D eigenvalue weighted by Gasteiger charge is -2.27. The molecule has 0 spiro atoms. The minimum absolute atomic E-state index is 0.122. The number of rotatable bonds is 6. The molecule has 0 aromatic heterocycles. The SMILES string of the molecule is CC1C(=O)N(NC(=O)[C@H](C)NC(=O)CCC2CCCC2)c2ccccc2-c2ccccc21. The molecular formula is C26H31N3O3. The lowest BCUT2D eigenvalue weighted by molar-refractivity contribution is -0.130. The van der Waals surface area contributed by atoms with Gasteiger partial charge in [-0.3, -0.25) is 19.8 Å². The number of carbonyl (C=O) groups excluding carboxylic acids is 3. The number of amides is 3. The van der Waals surface area contributed by atoms with Gasteiger partial charge in [-0.15, -0.1) is 0 Å². The average molecular weight is 434 g/mol. The van der Waals surface area contributed by atoms with E-state index in [1.54, 1.807) is 6.92 Å². The van der Waals surface area contributed by atoms with Crippen molar-refractivity contribution in [3.8, 4) is 11.1 Å². The van der Waals surface area contributed by atoms with E-state index >= 15 is 0 Å². The van der Waals surface area contributed by atoms with Gasteiger partial charge in [0, 0.05) is 12.0 Å². The predicted molar refractivity (Wildman–Crippen MR) is 125 cm³/mol. The van der Waals surface area contributed by atoms with Crippen molar-refractivity contribution in [2.24, 2.45) is 5.92 Å². The molecule has 4 rings (SSSR count). The van der Waals surface area contributed by atoms with Crippen LogP contribution in [0.5, 0.6) is 0 Å². The Kier molecular flexibility index (Phi) is 6.58. The van der Waals surface area contributed by atoms with Gasteiger partial charge in [0.1, 0.15) is 6.04 Å². The molecule has 0 radical (unpaired) electrons. The summed E-state index contributed by atoms with van der Waals surface area (Å²) in [5, 5.41) is 4.12. The Labute approximate surface area is 189 Å². The maximum Gasteiger partial charge on any atom is 0.261 e. The Morgan fingerprint density at radius 1 is 1.03 bits per heavy atom. The van der Waals surface area contributed by atoms with Crippen molar-refractivity contribution in [1.82, 2.24) is 10.7 Å². The number of benzene rings is 2. The van der Waals surface area contributed by atoms with Crippen molar-refractivity contribution in [3.63, 3.8) is 0 Å². The molecule has 32 heavy (non-hydrogen) atoms. The molecule has 1 aliphatic carbocycles. The number of para-hydroxylation sites is 1. The van der Waals surface area contributed by atoms with Gasteiger partial charge in [-0.25, -0.2) is 5.01 Å². The summed E-state index contributed by atoms with van der Waals surface area (Å²) in [6, 6.07) is 14.6. The number of hydrazine groups is 1. The van der Waals surface area contributed by atoms with Gasteiger partial charge in [-0.2, -0.15) is 0 Å². The molecule has 2 aromatic rings. The minimum atomic E-state index is -0.744. The van der Waals surface area contributed by atoms with Gasteiger partial charge in [0.05, 0.1) is 11.6 Å². The van der Waals surface area contributed by atoms with Crippen LogP contribution in [0.25, 0.3) is 11.1 Å². The number of hydrogen-bond acceptors (Lipinski definition) is 3. The summed E-state index contributed by atoms with van der Waals surface area (Å²) in [6.45, 7) is 3.50. The largest absolute Gasteiger partial charge is 0.345 e. The Hall–Kier alpha value is -3.15. The second-order valence-electron chi connectivity index (χ2n) is 8.95. The zero-order valence-electron chi connectivity index (χ0n) is 18.8. The quantitative estimate of drug-likeness (QED) is 0.713. The van der Waals surface area contributed by atoms with Crippen LogP contribution in [-0.4, -0.2) is 23.8 Å². The molecule has 6 nitrogen and oxygen atoms in total. The number of carbonyl (C=O) groups is 3. The Balaban J connectivity index is 1.47. The summed E-state index contributed by atoms with van der Waals surface area (Å²) in [5.41, 5.74) is 6.18. The van der Waals surface area contributed by atoms with Crippen molar-refractivity contribution in [1.29, 1.82) is 0 Å². The van der Waals surface area contributed by atoms with E-state index in [0.29, 0.717) is 18.0 Å². The first-order valence-electron chi connectivity index (χ1n) is 11.6.